The van der Waals surface area contributed by atoms with E-state index in [0.717, 1.165) is 32.0 Å². The number of hydrogen-bond donors (Lipinski definition) is 2. The van der Waals surface area contributed by atoms with Gasteiger partial charge >= 0.3 is 0 Å². The van der Waals surface area contributed by atoms with Gasteiger partial charge in [0.25, 0.3) is 0 Å². The molecular formula is C18H24N4S. The molecule has 0 amide bonds. The molecule has 122 valence electrons. The maximum atomic E-state index is 4.35. The van der Waals surface area contributed by atoms with Crippen LogP contribution in [0.25, 0.3) is 0 Å². The van der Waals surface area contributed by atoms with E-state index >= 15 is 0 Å². The van der Waals surface area contributed by atoms with Crippen molar-refractivity contribution in [3.63, 3.8) is 0 Å². The first-order valence-electron chi connectivity index (χ1n) is 8.07. The average molecular weight is 328 g/mol. The summed E-state index contributed by atoms with van der Waals surface area (Å²) in [5.74, 6) is 0.885. The van der Waals surface area contributed by atoms with E-state index in [2.05, 4.69) is 69.9 Å². The van der Waals surface area contributed by atoms with Crippen LogP contribution in [0.3, 0.4) is 0 Å². The summed E-state index contributed by atoms with van der Waals surface area (Å²) in [4.78, 5) is 9.46. The van der Waals surface area contributed by atoms with Crippen LogP contribution < -0.4 is 15.5 Å². The molecule has 23 heavy (non-hydrogen) atoms. The van der Waals surface area contributed by atoms with Crippen molar-refractivity contribution in [1.82, 2.24) is 10.6 Å². The van der Waals surface area contributed by atoms with Gasteiger partial charge in [0, 0.05) is 41.6 Å². The molecule has 3 rings (SSSR count). The van der Waals surface area contributed by atoms with Crippen LogP contribution >= 0.6 is 11.3 Å². The lowest BCUT2D eigenvalue weighted by Crippen LogP contribution is -2.44. The van der Waals surface area contributed by atoms with Crippen molar-refractivity contribution < 1.29 is 0 Å². The minimum atomic E-state index is 0.437. The quantitative estimate of drug-likeness (QED) is 0.669. The Morgan fingerprint density at radius 1 is 1.26 bits per heavy atom. The molecule has 1 saturated heterocycles. The molecule has 0 radical (unpaired) electrons. The third-order valence-electron chi connectivity index (χ3n) is 4.10. The number of aryl methyl sites for hydroxylation is 1. The fourth-order valence-electron chi connectivity index (χ4n) is 2.89. The van der Waals surface area contributed by atoms with Crippen molar-refractivity contribution in [2.75, 3.05) is 25.0 Å². The van der Waals surface area contributed by atoms with Gasteiger partial charge in [0.2, 0.25) is 0 Å². The van der Waals surface area contributed by atoms with Crippen molar-refractivity contribution in [2.24, 2.45) is 4.99 Å². The van der Waals surface area contributed by atoms with Crippen LogP contribution in [0.5, 0.6) is 0 Å². The highest BCUT2D eigenvalue weighted by atomic mass is 32.1. The van der Waals surface area contributed by atoms with Gasteiger partial charge in [-0.05, 0) is 37.6 Å². The van der Waals surface area contributed by atoms with E-state index in [4.69, 9.17) is 0 Å². The molecule has 4 nitrogen and oxygen atoms in total. The van der Waals surface area contributed by atoms with Gasteiger partial charge in [-0.25, -0.2) is 0 Å². The third-order valence-corrected chi connectivity index (χ3v) is 5.10. The molecule has 2 aromatic rings. The van der Waals surface area contributed by atoms with Gasteiger partial charge in [0.15, 0.2) is 5.96 Å². The Bertz CT molecular complexity index is 650. The van der Waals surface area contributed by atoms with Gasteiger partial charge in [-0.15, -0.1) is 11.3 Å². The molecule has 1 atom stereocenters. The fraction of sp³-hybridized carbons (Fsp3) is 0.389. The molecule has 5 heteroatoms. The second-order valence-corrected chi connectivity index (χ2v) is 7.22. The molecule has 1 aliphatic heterocycles. The van der Waals surface area contributed by atoms with Crippen LogP contribution in [0, 0.1) is 6.92 Å². The Balaban J connectivity index is 1.50. The number of para-hydroxylation sites is 1. The highest BCUT2D eigenvalue weighted by molar-refractivity contribution is 7.11. The van der Waals surface area contributed by atoms with Crippen LogP contribution in [-0.2, 0) is 6.54 Å². The van der Waals surface area contributed by atoms with Gasteiger partial charge in [-0.2, -0.15) is 0 Å². The summed E-state index contributed by atoms with van der Waals surface area (Å²) in [6.07, 6.45) is 1.13. The first kappa shape index (κ1) is 15.9. The molecule has 1 aromatic carbocycles. The van der Waals surface area contributed by atoms with E-state index in [1.807, 2.05) is 18.4 Å². The molecular weight excluding hydrogens is 304 g/mol. The van der Waals surface area contributed by atoms with Crippen molar-refractivity contribution in [3.05, 3.63) is 52.2 Å². The first-order valence-corrected chi connectivity index (χ1v) is 8.89. The largest absolute Gasteiger partial charge is 0.369 e. The topological polar surface area (TPSA) is 39.7 Å². The molecule has 2 N–H and O–H groups in total. The number of nitrogens with zero attached hydrogens (tertiary/aromatic N) is 2. The monoisotopic (exact) mass is 328 g/mol. The van der Waals surface area contributed by atoms with Crippen LogP contribution in [-0.4, -0.2) is 32.1 Å². The summed E-state index contributed by atoms with van der Waals surface area (Å²) < 4.78 is 0. The number of aliphatic imine (C=N–C) groups is 1. The summed E-state index contributed by atoms with van der Waals surface area (Å²) in [6.45, 7) is 5.07. The number of guanidine groups is 1. The Kier molecular flexibility index (Phi) is 5.18. The van der Waals surface area contributed by atoms with E-state index in [1.54, 1.807) is 0 Å². The summed E-state index contributed by atoms with van der Waals surface area (Å²) >= 11 is 1.83. The van der Waals surface area contributed by atoms with Gasteiger partial charge in [-0.3, -0.25) is 4.99 Å². The molecule has 0 bridgehead atoms. The summed E-state index contributed by atoms with van der Waals surface area (Å²) in [5, 5.41) is 6.96. The van der Waals surface area contributed by atoms with Gasteiger partial charge in [0.1, 0.15) is 0 Å². The number of nitrogens with one attached hydrogen (secondary N) is 2. The van der Waals surface area contributed by atoms with Crippen molar-refractivity contribution >= 4 is 23.0 Å². The lowest BCUT2D eigenvalue weighted by molar-refractivity contribution is 0.649. The molecule has 0 saturated carbocycles. The van der Waals surface area contributed by atoms with E-state index in [0.29, 0.717) is 6.04 Å². The molecule has 1 fully saturated rings. The minimum Gasteiger partial charge on any atom is -0.369 e. The van der Waals surface area contributed by atoms with E-state index < -0.39 is 0 Å². The zero-order valence-electron chi connectivity index (χ0n) is 13.7. The highest BCUT2D eigenvalue weighted by Crippen LogP contribution is 2.19. The number of thiophene rings is 1. The highest BCUT2D eigenvalue weighted by Gasteiger charge is 2.23. The normalized spacial score (nSPS) is 18.3. The van der Waals surface area contributed by atoms with E-state index in [9.17, 15) is 0 Å². The SMILES string of the molecule is CN=C(NCc1ccc(C)s1)NC1CCN(c2ccccc2)C1. The zero-order valence-corrected chi connectivity index (χ0v) is 14.6. The fourth-order valence-corrected chi connectivity index (χ4v) is 3.72. The summed E-state index contributed by atoms with van der Waals surface area (Å²) in [7, 11) is 1.83. The van der Waals surface area contributed by atoms with Crippen LogP contribution in [0.4, 0.5) is 5.69 Å². The van der Waals surface area contributed by atoms with E-state index in [-0.39, 0.29) is 0 Å². The second kappa shape index (κ2) is 7.51. The number of benzene rings is 1. The standard InChI is InChI=1S/C18H24N4S/c1-14-8-9-17(23-14)12-20-18(19-2)21-15-10-11-22(13-15)16-6-4-3-5-7-16/h3-9,15H,10-13H2,1-2H3,(H2,19,20,21). The number of hydrogen-bond acceptors (Lipinski definition) is 3. The van der Waals surface area contributed by atoms with Crippen LogP contribution in [0.2, 0.25) is 0 Å². The molecule has 1 aliphatic rings. The maximum absolute atomic E-state index is 4.35. The Morgan fingerprint density at radius 3 is 2.78 bits per heavy atom. The Labute approximate surface area is 142 Å². The Morgan fingerprint density at radius 2 is 2.09 bits per heavy atom. The zero-order chi connectivity index (χ0) is 16.1. The second-order valence-electron chi connectivity index (χ2n) is 5.85. The predicted molar refractivity (Wildman–Crippen MR) is 99.5 cm³/mol. The Hall–Kier alpha value is -2.01. The van der Waals surface area contributed by atoms with Crippen LogP contribution in [0.1, 0.15) is 16.2 Å². The summed E-state index contributed by atoms with van der Waals surface area (Å²) in [5.41, 5.74) is 1.30. The van der Waals surface area contributed by atoms with Gasteiger partial charge in [-0.1, -0.05) is 18.2 Å². The van der Waals surface area contributed by atoms with Crippen molar-refractivity contribution in [3.8, 4) is 0 Å². The van der Waals surface area contributed by atoms with E-state index in [1.165, 1.54) is 15.4 Å². The van der Waals surface area contributed by atoms with Crippen molar-refractivity contribution in [2.45, 2.75) is 25.9 Å². The molecule has 1 unspecified atom stereocenters. The lowest BCUT2D eigenvalue weighted by atomic mass is 10.3. The number of rotatable bonds is 4. The maximum Gasteiger partial charge on any atom is 0.191 e. The van der Waals surface area contributed by atoms with Crippen LogP contribution in [0.15, 0.2) is 47.5 Å². The average Bonchev–Trinajstić information content (AvgIpc) is 3.21. The lowest BCUT2D eigenvalue weighted by Gasteiger charge is -2.20. The molecule has 1 aromatic heterocycles. The first-order chi connectivity index (χ1) is 11.2. The third kappa shape index (κ3) is 4.26. The molecule has 0 spiro atoms. The minimum absolute atomic E-state index is 0.437. The summed E-state index contributed by atoms with van der Waals surface area (Å²) in [6, 6.07) is 15.4. The van der Waals surface area contributed by atoms with Gasteiger partial charge in [0.05, 0.1) is 6.54 Å². The smallest absolute Gasteiger partial charge is 0.191 e. The van der Waals surface area contributed by atoms with Crippen molar-refractivity contribution in [1.29, 1.82) is 0 Å². The predicted octanol–water partition coefficient (Wildman–Crippen LogP) is 3.00. The molecule has 0 aliphatic carbocycles. The molecule has 2 heterocycles. The number of anilines is 1. The van der Waals surface area contributed by atoms with Gasteiger partial charge < -0.3 is 15.5 Å².